The second kappa shape index (κ2) is 5.02. The Bertz CT molecular complexity index is 639. The van der Waals surface area contributed by atoms with Crippen LogP contribution < -0.4 is 0 Å². The number of para-hydroxylation sites is 1. The van der Waals surface area contributed by atoms with Crippen LogP contribution in [0.2, 0.25) is 0 Å². The van der Waals surface area contributed by atoms with Crippen molar-refractivity contribution in [3.05, 3.63) is 30.0 Å². The Labute approximate surface area is 118 Å². The third kappa shape index (κ3) is 2.24. The van der Waals surface area contributed by atoms with Gasteiger partial charge in [0.05, 0.1) is 17.6 Å². The van der Waals surface area contributed by atoms with Gasteiger partial charge in [-0.1, -0.05) is 18.2 Å². The zero-order chi connectivity index (χ0) is 14.2. The Morgan fingerprint density at radius 2 is 2.20 bits per heavy atom. The van der Waals surface area contributed by atoms with E-state index in [1.165, 1.54) is 0 Å². The molecule has 1 aliphatic rings. The van der Waals surface area contributed by atoms with Gasteiger partial charge in [0.15, 0.2) is 5.78 Å². The maximum absolute atomic E-state index is 12.6. The van der Waals surface area contributed by atoms with E-state index in [9.17, 15) is 4.79 Å². The number of ether oxygens (including phenoxy) is 1. The molecule has 1 atom stereocenters. The molecule has 106 valence electrons. The third-order valence-electron chi connectivity index (χ3n) is 4.22. The van der Waals surface area contributed by atoms with Gasteiger partial charge in [0, 0.05) is 19.0 Å². The fourth-order valence-electron chi connectivity index (χ4n) is 2.91. The molecular weight excluding hydrogens is 252 g/mol. The van der Waals surface area contributed by atoms with E-state index in [-0.39, 0.29) is 5.78 Å². The molecule has 0 amide bonds. The summed E-state index contributed by atoms with van der Waals surface area (Å²) in [6.45, 7) is 2.60. The smallest absolute Gasteiger partial charge is 0.170 e. The lowest BCUT2D eigenvalue weighted by Crippen LogP contribution is -2.42. The molecule has 1 aromatic heterocycles. The van der Waals surface area contributed by atoms with Crippen LogP contribution in [0.25, 0.3) is 10.9 Å². The van der Waals surface area contributed by atoms with Crippen LogP contribution in [0.15, 0.2) is 24.3 Å². The van der Waals surface area contributed by atoms with E-state index in [2.05, 4.69) is 5.10 Å². The van der Waals surface area contributed by atoms with Crippen molar-refractivity contribution in [3.8, 4) is 0 Å². The summed E-state index contributed by atoms with van der Waals surface area (Å²) >= 11 is 0. The first kappa shape index (κ1) is 13.3. The van der Waals surface area contributed by atoms with Crippen molar-refractivity contribution in [2.75, 3.05) is 6.61 Å². The van der Waals surface area contributed by atoms with E-state index in [0.717, 1.165) is 35.9 Å². The van der Waals surface area contributed by atoms with Crippen LogP contribution in [-0.4, -0.2) is 27.8 Å². The van der Waals surface area contributed by atoms with Crippen molar-refractivity contribution in [1.29, 1.82) is 0 Å². The number of ketones is 1. The predicted molar refractivity (Wildman–Crippen MR) is 77.6 cm³/mol. The molecule has 1 aromatic carbocycles. The summed E-state index contributed by atoms with van der Waals surface area (Å²) < 4.78 is 7.57. The van der Waals surface area contributed by atoms with Crippen molar-refractivity contribution in [1.82, 2.24) is 9.78 Å². The Morgan fingerprint density at radius 3 is 2.95 bits per heavy atom. The van der Waals surface area contributed by atoms with Gasteiger partial charge in [0.1, 0.15) is 5.60 Å². The maximum atomic E-state index is 12.6. The highest BCUT2D eigenvalue weighted by molar-refractivity contribution is 5.92. The Hall–Kier alpha value is -1.68. The molecule has 0 N–H and O–H groups in total. The highest BCUT2D eigenvalue weighted by atomic mass is 16.5. The SMILES string of the molecule is Cn1nc(CC(=O)C2(C)CCCCO2)c2ccccc21. The van der Waals surface area contributed by atoms with E-state index in [4.69, 9.17) is 4.74 Å². The predicted octanol–water partition coefficient (Wildman–Crippen LogP) is 2.64. The minimum absolute atomic E-state index is 0.140. The highest BCUT2D eigenvalue weighted by Gasteiger charge is 2.36. The van der Waals surface area contributed by atoms with Gasteiger partial charge in [-0.15, -0.1) is 0 Å². The van der Waals surface area contributed by atoms with Gasteiger partial charge < -0.3 is 4.74 Å². The Balaban J connectivity index is 1.88. The van der Waals surface area contributed by atoms with E-state index >= 15 is 0 Å². The van der Waals surface area contributed by atoms with Crippen LogP contribution in [0.5, 0.6) is 0 Å². The van der Waals surface area contributed by atoms with E-state index in [0.29, 0.717) is 13.0 Å². The first-order chi connectivity index (χ1) is 9.60. The average Bonchev–Trinajstić information content (AvgIpc) is 2.77. The second-order valence-corrected chi connectivity index (χ2v) is 5.72. The van der Waals surface area contributed by atoms with Gasteiger partial charge in [-0.25, -0.2) is 0 Å². The molecular formula is C16H20N2O2. The highest BCUT2D eigenvalue weighted by Crippen LogP contribution is 2.28. The lowest BCUT2D eigenvalue weighted by molar-refractivity contribution is -0.147. The summed E-state index contributed by atoms with van der Waals surface area (Å²) in [6.07, 6.45) is 3.27. The fourth-order valence-corrected chi connectivity index (χ4v) is 2.91. The molecule has 0 aliphatic carbocycles. The van der Waals surface area contributed by atoms with Crippen molar-refractivity contribution in [2.45, 2.75) is 38.2 Å². The van der Waals surface area contributed by atoms with E-state index in [1.807, 2.05) is 42.9 Å². The van der Waals surface area contributed by atoms with Crippen molar-refractivity contribution >= 4 is 16.7 Å². The number of rotatable bonds is 3. The van der Waals surface area contributed by atoms with Crippen LogP contribution in [-0.2, 0) is 23.0 Å². The van der Waals surface area contributed by atoms with Gasteiger partial charge in [0.2, 0.25) is 0 Å². The molecule has 20 heavy (non-hydrogen) atoms. The summed E-state index contributed by atoms with van der Waals surface area (Å²) in [5.74, 6) is 0.140. The number of carbonyl (C=O) groups excluding carboxylic acids is 1. The molecule has 4 heteroatoms. The molecule has 2 heterocycles. The number of nitrogens with zero attached hydrogens (tertiary/aromatic N) is 2. The number of benzene rings is 1. The number of aryl methyl sites for hydroxylation is 1. The molecule has 0 saturated carbocycles. The molecule has 1 unspecified atom stereocenters. The number of fused-ring (bicyclic) bond motifs is 1. The monoisotopic (exact) mass is 272 g/mol. The first-order valence-corrected chi connectivity index (χ1v) is 7.18. The second-order valence-electron chi connectivity index (χ2n) is 5.72. The summed E-state index contributed by atoms with van der Waals surface area (Å²) in [6, 6.07) is 8.02. The summed E-state index contributed by atoms with van der Waals surface area (Å²) in [5, 5.41) is 5.55. The van der Waals surface area contributed by atoms with Crippen molar-refractivity contribution in [3.63, 3.8) is 0 Å². The molecule has 0 bridgehead atoms. The van der Waals surface area contributed by atoms with E-state index < -0.39 is 5.60 Å². The fraction of sp³-hybridized carbons (Fsp3) is 0.500. The molecule has 2 aromatic rings. The third-order valence-corrected chi connectivity index (χ3v) is 4.22. The first-order valence-electron chi connectivity index (χ1n) is 7.18. The summed E-state index contributed by atoms with van der Waals surface area (Å²) in [5.41, 5.74) is 1.28. The molecule has 0 radical (unpaired) electrons. The lowest BCUT2D eigenvalue weighted by Gasteiger charge is -2.32. The Morgan fingerprint density at radius 1 is 1.40 bits per heavy atom. The van der Waals surface area contributed by atoms with Gasteiger partial charge in [-0.2, -0.15) is 5.10 Å². The minimum Gasteiger partial charge on any atom is -0.367 e. The number of hydrogen-bond donors (Lipinski definition) is 0. The zero-order valence-electron chi connectivity index (χ0n) is 12.1. The molecule has 3 rings (SSSR count). The largest absolute Gasteiger partial charge is 0.367 e. The molecule has 1 fully saturated rings. The van der Waals surface area contributed by atoms with Crippen LogP contribution in [0.4, 0.5) is 0 Å². The van der Waals surface area contributed by atoms with Crippen LogP contribution >= 0.6 is 0 Å². The van der Waals surface area contributed by atoms with Crippen LogP contribution in [0.1, 0.15) is 31.9 Å². The normalized spacial score (nSPS) is 23.1. The standard InChI is InChI=1S/C16H20N2O2/c1-16(9-5-6-10-20-16)15(19)11-13-12-7-3-4-8-14(12)18(2)17-13/h3-4,7-8H,5-6,9-11H2,1-2H3. The van der Waals surface area contributed by atoms with Gasteiger partial charge >= 0.3 is 0 Å². The zero-order valence-corrected chi connectivity index (χ0v) is 12.1. The molecule has 0 spiro atoms. The molecule has 1 saturated heterocycles. The number of aromatic nitrogens is 2. The van der Waals surface area contributed by atoms with Gasteiger partial charge in [-0.3, -0.25) is 9.48 Å². The number of hydrogen-bond acceptors (Lipinski definition) is 3. The van der Waals surface area contributed by atoms with Crippen molar-refractivity contribution in [2.24, 2.45) is 7.05 Å². The Kier molecular flexibility index (Phi) is 3.34. The summed E-state index contributed by atoms with van der Waals surface area (Å²) in [4.78, 5) is 12.6. The number of carbonyl (C=O) groups is 1. The van der Waals surface area contributed by atoms with Crippen LogP contribution in [0.3, 0.4) is 0 Å². The maximum Gasteiger partial charge on any atom is 0.170 e. The van der Waals surface area contributed by atoms with Gasteiger partial charge in [-0.05, 0) is 32.3 Å². The van der Waals surface area contributed by atoms with Crippen LogP contribution in [0, 0.1) is 0 Å². The van der Waals surface area contributed by atoms with Crippen molar-refractivity contribution < 1.29 is 9.53 Å². The quantitative estimate of drug-likeness (QED) is 0.862. The topological polar surface area (TPSA) is 44.1 Å². The van der Waals surface area contributed by atoms with Gasteiger partial charge in [0.25, 0.3) is 0 Å². The minimum atomic E-state index is -0.628. The van der Waals surface area contributed by atoms with E-state index in [1.54, 1.807) is 0 Å². The molecule has 4 nitrogen and oxygen atoms in total. The lowest BCUT2D eigenvalue weighted by atomic mass is 9.89. The molecule has 1 aliphatic heterocycles. The average molecular weight is 272 g/mol. The number of Topliss-reactive ketones (excluding diaryl/α,β-unsaturated/α-hetero) is 1. The summed E-state index contributed by atoms with van der Waals surface area (Å²) in [7, 11) is 1.91.